The molecule has 29 heavy (non-hydrogen) atoms. The molecule has 0 unspecified atom stereocenters. The Hall–Kier alpha value is -2.81. The average Bonchev–Trinajstić information content (AvgIpc) is 3.21. The van der Waals surface area contributed by atoms with Gasteiger partial charge in [-0.1, -0.05) is 31.0 Å². The highest BCUT2D eigenvalue weighted by molar-refractivity contribution is 7.93. The SMILES string of the molecule is O=C(COC(=O)C1(S(=O)(=O)c2ccccc2)CCCC1)Nc1ccc(F)c(F)c1. The van der Waals surface area contributed by atoms with Crippen LogP contribution in [-0.4, -0.2) is 31.6 Å². The predicted octanol–water partition coefficient (Wildman–Crippen LogP) is 3.23. The first-order valence-electron chi connectivity index (χ1n) is 8.98. The largest absolute Gasteiger partial charge is 0.454 e. The Labute approximate surface area is 166 Å². The lowest BCUT2D eigenvalue weighted by Gasteiger charge is -2.26. The molecule has 1 fully saturated rings. The van der Waals surface area contributed by atoms with Gasteiger partial charge in [0.1, 0.15) is 0 Å². The average molecular weight is 423 g/mol. The second-order valence-corrected chi connectivity index (χ2v) is 9.03. The molecule has 1 aliphatic rings. The van der Waals surface area contributed by atoms with Crippen LogP contribution < -0.4 is 5.32 Å². The molecule has 0 bridgehead atoms. The highest BCUT2D eigenvalue weighted by Gasteiger charge is 2.54. The van der Waals surface area contributed by atoms with Crippen LogP contribution in [0.25, 0.3) is 0 Å². The second kappa shape index (κ2) is 8.28. The van der Waals surface area contributed by atoms with Crippen molar-refractivity contribution in [3.05, 3.63) is 60.2 Å². The number of carbonyl (C=O) groups excluding carboxylic acids is 2. The van der Waals surface area contributed by atoms with E-state index in [1.807, 2.05) is 0 Å². The third kappa shape index (κ3) is 4.14. The van der Waals surface area contributed by atoms with Crippen molar-refractivity contribution in [3.63, 3.8) is 0 Å². The maximum Gasteiger partial charge on any atom is 0.328 e. The summed E-state index contributed by atoms with van der Waals surface area (Å²) in [5.41, 5.74) is -0.0163. The number of rotatable bonds is 6. The quantitative estimate of drug-likeness (QED) is 0.721. The zero-order valence-electron chi connectivity index (χ0n) is 15.4. The molecular formula is C20H19F2NO5S. The fraction of sp³-hybridized carbons (Fsp3) is 0.300. The van der Waals surface area contributed by atoms with Crippen molar-refractivity contribution in [3.8, 4) is 0 Å². The van der Waals surface area contributed by atoms with Gasteiger partial charge < -0.3 is 10.1 Å². The zero-order valence-corrected chi connectivity index (χ0v) is 16.2. The summed E-state index contributed by atoms with van der Waals surface area (Å²) in [6, 6.07) is 10.4. The van der Waals surface area contributed by atoms with Crippen LogP contribution in [0.2, 0.25) is 0 Å². The highest BCUT2D eigenvalue weighted by atomic mass is 32.2. The van der Waals surface area contributed by atoms with Crippen LogP contribution in [0.3, 0.4) is 0 Å². The Kier molecular flexibility index (Phi) is 5.97. The predicted molar refractivity (Wildman–Crippen MR) is 101 cm³/mol. The highest BCUT2D eigenvalue weighted by Crippen LogP contribution is 2.41. The van der Waals surface area contributed by atoms with Gasteiger partial charge in [-0.2, -0.15) is 0 Å². The van der Waals surface area contributed by atoms with Gasteiger partial charge in [0.25, 0.3) is 5.91 Å². The van der Waals surface area contributed by atoms with E-state index in [9.17, 15) is 26.8 Å². The molecule has 9 heteroatoms. The Balaban J connectivity index is 1.72. The van der Waals surface area contributed by atoms with Gasteiger partial charge in [-0.3, -0.25) is 9.59 Å². The first kappa shape index (κ1) is 20.9. The maximum absolute atomic E-state index is 13.2. The van der Waals surface area contributed by atoms with E-state index < -0.39 is 44.7 Å². The molecule has 1 aliphatic carbocycles. The van der Waals surface area contributed by atoms with Crippen molar-refractivity contribution >= 4 is 27.4 Å². The topological polar surface area (TPSA) is 89.5 Å². The molecule has 6 nitrogen and oxygen atoms in total. The second-order valence-electron chi connectivity index (χ2n) is 6.77. The summed E-state index contributed by atoms with van der Waals surface area (Å²) in [6.45, 7) is -0.746. The smallest absolute Gasteiger partial charge is 0.328 e. The number of amides is 1. The lowest BCUT2D eigenvalue weighted by atomic mass is 10.1. The Bertz CT molecular complexity index is 1020. The molecule has 2 aromatic rings. The van der Waals surface area contributed by atoms with Gasteiger partial charge in [-0.05, 0) is 37.1 Å². The molecule has 3 rings (SSSR count). The van der Waals surface area contributed by atoms with E-state index in [-0.39, 0.29) is 23.4 Å². The minimum atomic E-state index is -4.01. The standard InChI is InChI=1S/C20H19F2NO5S/c21-16-9-8-14(12-17(16)22)23-18(24)13-28-19(25)20(10-4-5-11-20)29(26,27)15-6-2-1-3-7-15/h1-3,6-9,12H,4-5,10-11,13H2,(H,23,24). The molecule has 0 aromatic heterocycles. The molecule has 0 atom stereocenters. The number of anilines is 1. The number of hydrogen-bond acceptors (Lipinski definition) is 5. The van der Waals surface area contributed by atoms with Gasteiger partial charge in [0.2, 0.25) is 0 Å². The van der Waals surface area contributed by atoms with Gasteiger partial charge in [0, 0.05) is 11.8 Å². The first-order valence-corrected chi connectivity index (χ1v) is 10.5. The van der Waals surface area contributed by atoms with E-state index in [1.165, 1.54) is 12.1 Å². The Morgan fingerprint density at radius 3 is 2.28 bits per heavy atom. The number of hydrogen-bond donors (Lipinski definition) is 1. The van der Waals surface area contributed by atoms with Gasteiger partial charge in [-0.15, -0.1) is 0 Å². The number of nitrogens with one attached hydrogen (secondary N) is 1. The molecular weight excluding hydrogens is 404 g/mol. The van der Waals surface area contributed by atoms with E-state index in [4.69, 9.17) is 4.74 Å². The normalized spacial score (nSPS) is 15.7. The number of esters is 1. The van der Waals surface area contributed by atoms with Crippen LogP contribution in [0.1, 0.15) is 25.7 Å². The summed E-state index contributed by atoms with van der Waals surface area (Å²) in [5, 5.41) is 2.27. The van der Waals surface area contributed by atoms with Crippen LogP contribution in [0.4, 0.5) is 14.5 Å². The summed E-state index contributed by atoms with van der Waals surface area (Å²) in [4.78, 5) is 24.8. The Morgan fingerprint density at radius 2 is 1.66 bits per heavy atom. The molecule has 0 radical (unpaired) electrons. The van der Waals surface area contributed by atoms with E-state index >= 15 is 0 Å². The molecule has 1 N–H and O–H groups in total. The van der Waals surface area contributed by atoms with Crippen molar-refractivity contribution in [2.24, 2.45) is 0 Å². The molecule has 1 amide bonds. The summed E-state index contributed by atoms with van der Waals surface area (Å²) in [6.07, 6.45) is 1.30. The summed E-state index contributed by atoms with van der Waals surface area (Å²) in [5.74, 6) is -3.99. The number of carbonyl (C=O) groups is 2. The number of benzene rings is 2. The van der Waals surface area contributed by atoms with Crippen molar-refractivity contribution in [1.29, 1.82) is 0 Å². The summed E-state index contributed by atoms with van der Waals surface area (Å²) in [7, 11) is -4.01. The van der Waals surface area contributed by atoms with E-state index in [0.717, 1.165) is 18.2 Å². The molecule has 0 aliphatic heterocycles. The van der Waals surface area contributed by atoms with Crippen LogP contribution >= 0.6 is 0 Å². The first-order chi connectivity index (χ1) is 13.8. The van der Waals surface area contributed by atoms with Crippen LogP contribution in [0.5, 0.6) is 0 Å². The van der Waals surface area contributed by atoms with Gasteiger partial charge in [-0.25, -0.2) is 17.2 Å². The van der Waals surface area contributed by atoms with Crippen molar-refractivity contribution in [1.82, 2.24) is 0 Å². The van der Waals surface area contributed by atoms with Crippen LogP contribution in [0, 0.1) is 11.6 Å². The molecule has 0 heterocycles. The molecule has 0 spiro atoms. The van der Waals surface area contributed by atoms with Crippen molar-refractivity contribution in [2.75, 3.05) is 11.9 Å². The fourth-order valence-corrected chi connectivity index (χ4v) is 5.46. The van der Waals surface area contributed by atoms with E-state index in [1.54, 1.807) is 18.2 Å². The molecule has 0 saturated heterocycles. The minimum Gasteiger partial charge on any atom is -0.454 e. The monoisotopic (exact) mass is 423 g/mol. The van der Waals surface area contributed by atoms with Gasteiger partial charge in [0.15, 0.2) is 32.8 Å². The van der Waals surface area contributed by atoms with Crippen LogP contribution in [-0.2, 0) is 24.2 Å². The summed E-state index contributed by atoms with van der Waals surface area (Å²) >= 11 is 0. The zero-order chi connectivity index (χ0) is 21.1. The minimum absolute atomic E-state index is 0.0163. The molecule has 1 saturated carbocycles. The van der Waals surface area contributed by atoms with Crippen molar-refractivity contribution < 1.29 is 31.5 Å². The fourth-order valence-electron chi connectivity index (χ4n) is 3.39. The third-order valence-corrected chi connectivity index (χ3v) is 7.39. The summed E-state index contributed by atoms with van der Waals surface area (Å²) < 4.78 is 55.7. The Morgan fingerprint density at radius 1 is 1.00 bits per heavy atom. The van der Waals surface area contributed by atoms with Crippen molar-refractivity contribution in [2.45, 2.75) is 35.3 Å². The van der Waals surface area contributed by atoms with Gasteiger partial charge in [0.05, 0.1) is 4.90 Å². The lowest BCUT2D eigenvalue weighted by molar-refractivity contribution is -0.149. The lowest BCUT2D eigenvalue weighted by Crippen LogP contribution is -2.46. The molecule has 2 aromatic carbocycles. The molecule has 154 valence electrons. The van der Waals surface area contributed by atoms with E-state index in [2.05, 4.69) is 5.32 Å². The maximum atomic E-state index is 13.2. The number of halogens is 2. The van der Waals surface area contributed by atoms with Gasteiger partial charge >= 0.3 is 5.97 Å². The third-order valence-electron chi connectivity index (χ3n) is 4.89. The number of ether oxygens (including phenoxy) is 1. The van der Waals surface area contributed by atoms with Crippen LogP contribution in [0.15, 0.2) is 53.4 Å². The number of sulfone groups is 1. The van der Waals surface area contributed by atoms with E-state index in [0.29, 0.717) is 12.8 Å².